The van der Waals surface area contributed by atoms with E-state index < -0.39 is 0 Å². The van der Waals surface area contributed by atoms with Crippen LogP contribution < -0.4 is 5.32 Å². The first kappa shape index (κ1) is 11.4. The second-order valence-electron chi connectivity index (χ2n) is 4.35. The molecule has 0 radical (unpaired) electrons. The average Bonchev–Trinajstić information content (AvgIpc) is 2.81. The highest BCUT2D eigenvalue weighted by Crippen LogP contribution is 2.10. The molecule has 0 saturated carbocycles. The van der Waals surface area contributed by atoms with Gasteiger partial charge in [0.15, 0.2) is 0 Å². The highest BCUT2D eigenvalue weighted by atomic mass is 16.3. The zero-order chi connectivity index (χ0) is 11.2. The molecule has 1 aromatic heterocycles. The summed E-state index contributed by atoms with van der Waals surface area (Å²) < 4.78 is 5.30. The molecule has 3 nitrogen and oxygen atoms in total. The van der Waals surface area contributed by atoms with Gasteiger partial charge in [0.2, 0.25) is 0 Å². The average molecular weight is 220 g/mol. The van der Waals surface area contributed by atoms with Gasteiger partial charge in [-0.2, -0.15) is 0 Å². The predicted octanol–water partition coefficient (Wildman–Crippen LogP) is 1.98. The Labute approximate surface area is 97.1 Å². The van der Waals surface area contributed by atoms with E-state index >= 15 is 0 Å². The van der Waals surface area contributed by atoms with Crippen molar-refractivity contribution in [2.24, 2.45) is 0 Å². The number of rotatable bonds is 4. The number of furan rings is 1. The van der Waals surface area contributed by atoms with Crippen molar-refractivity contribution in [3.8, 4) is 0 Å². The van der Waals surface area contributed by atoms with Gasteiger partial charge in [-0.1, -0.05) is 5.57 Å². The van der Waals surface area contributed by atoms with E-state index in [0.717, 1.165) is 31.8 Å². The van der Waals surface area contributed by atoms with Crippen LogP contribution in [0.4, 0.5) is 0 Å². The molecule has 0 bridgehead atoms. The summed E-state index contributed by atoms with van der Waals surface area (Å²) in [5, 5.41) is 3.37. The van der Waals surface area contributed by atoms with Crippen molar-refractivity contribution >= 4 is 6.08 Å². The molecule has 2 rings (SSSR count). The lowest BCUT2D eigenvalue weighted by Crippen LogP contribution is -2.43. The normalized spacial score (nSPS) is 18.9. The number of nitrogens with zero attached hydrogens (tertiary/aromatic N) is 1. The Morgan fingerprint density at radius 2 is 2.31 bits per heavy atom. The third-order valence-corrected chi connectivity index (χ3v) is 2.96. The standard InChI is InChI=1S/C13H20N2O/c1-12(11-13-3-2-10-16-13)4-7-15-8-5-14-6-9-15/h2-3,10-11,14H,4-9H2,1H3/b12-11+. The van der Waals surface area contributed by atoms with E-state index in [-0.39, 0.29) is 0 Å². The van der Waals surface area contributed by atoms with Crippen LogP contribution in [0.5, 0.6) is 0 Å². The molecule has 1 aliphatic heterocycles. The molecule has 0 amide bonds. The van der Waals surface area contributed by atoms with Crippen LogP contribution in [0.3, 0.4) is 0 Å². The van der Waals surface area contributed by atoms with Crippen LogP contribution >= 0.6 is 0 Å². The van der Waals surface area contributed by atoms with Crippen molar-refractivity contribution in [3.63, 3.8) is 0 Å². The van der Waals surface area contributed by atoms with Crippen molar-refractivity contribution in [2.45, 2.75) is 13.3 Å². The molecule has 88 valence electrons. The summed E-state index contributed by atoms with van der Waals surface area (Å²) in [5.74, 6) is 0.956. The molecule has 1 N–H and O–H groups in total. The van der Waals surface area contributed by atoms with Gasteiger partial charge in [0.05, 0.1) is 6.26 Å². The molecular weight excluding hydrogens is 200 g/mol. The molecule has 3 heteroatoms. The molecule has 1 aliphatic rings. The number of hydrogen-bond acceptors (Lipinski definition) is 3. The molecule has 16 heavy (non-hydrogen) atoms. The lowest BCUT2D eigenvalue weighted by Gasteiger charge is -2.27. The van der Waals surface area contributed by atoms with E-state index in [0.29, 0.717) is 0 Å². The zero-order valence-electron chi connectivity index (χ0n) is 9.91. The molecule has 1 saturated heterocycles. The minimum absolute atomic E-state index is 0.956. The summed E-state index contributed by atoms with van der Waals surface area (Å²) in [6, 6.07) is 3.92. The van der Waals surface area contributed by atoms with E-state index in [2.05, 4.69) is 23.2 Å². The van der Waals surface area contributed by atoms with Crippen LogP contribution in [0.25, 0.3) is 6.08 Å². The fourth-order valence-corrected chi connectivity index (χ4v) is 1.96. The lowest BCUT2D eigenvalue weighted by atomic mass is 10.1. The molecule has 0 unspecified atom stereocenters. The fraction of sp³-hybridized carbons (Fsp3) is 0.538. The largest absolute Gasteiger partial charge is 0.465 e. The van der Waals surface area contributed by atoms with Crippen molar-refractivity contribution in [3.05, 3.63) is 29.7 Å². The monoisotopic (exact) mass is 220 g/mol. The summed E-state index contributed by atoms with van der Waals surface area (Å²) in [6.07, 6.45) is 4.97. The quantitative estimate of drug-likeness (QED) is 0.841. The summed E-state index contributed by atoms with van der Waals surface area (Å²) in [5.41, 5.74) is 1.38. The van der Waals surface area contributed by atoms with Gasteiger partial charge in [0.25, 0.3) is 0 Å². The SMILES string of the molecule is C/C(=C\c1ccco1)CCN1CCNCC1. The van der Waals surface area contributed by atoms with Crippen LogP contribution in [-0.4, -0.2) is 37.6 Å². The van der Waals surface area contributed by atoms with Gasteiger partial charge in [-0.3, -0.25) is 0 Å². The van der Waals surface area contributed by atoms with Gasteiger partial charge < -0.3 is 14.6 Å². The van der Waals surface area contributed by atoms with E-state index in [4.69, 9.17) is 4.42 Å². The van der Waals surface area contributed by atoms with E-state index in [9.17, 15) is 0 Å². The van der Waals surface area contributed by atoms with Crippen LogP contribution in [-0.2, 0) is 0 Å². The molecule has 0 aromatic carbocycles. The highest BCUT2D eigenvalue weighted by Gasteiger charge is 2.08. The Morgan fingerprint density at radius 1 is 1.50 bits per heavy atom. The Bertz CT molecular complexity index is 324. The smallest absolute Gasteiger partial charge is 0.126 e. The van der Waals surface area contributed by atoms with E-state index in [1.807, 2.05) is 12.1 Å². The maximum atomic E-state index is 5.30. The molecule has 0 atom stereocenters. The van der Waals surface area contributed by atoms with E-state index in [1.165, 1.54) is 18.7 Å². The van der Waals surface area contributed by atoms with Gasteiger partial charge >= 0.3 is 0 Å². The van der Waals surface area contributed by atoms with Gasteiger partial charge in [0, 0.05) is 32.7 Å². The molecular formula is C13H20N2O. The molecule has 1 fully saturated rings. The first-order chi connectivity index (χ1) is 7.84. The Kier molecular flexibility index (Phi) is 4.19. The van der Waals surface area contributed by atoms with Crippen LogP contribution in [0.1, 0.15) is 19.1 Å². The summed E-state index contributed by atoms with van der Waals surface area (Å²) in [7, 11) is 0. The topological polar surface area (TPSA) is 28.4 Å². The Hall–Kier alpha value is -1.06. The zero-order valence-corrected chi connectivity index (χ0v) is 9.91. The summed E-state index contributed by atoms with van der Waals surface area (Å²) >= 11 is 0. The second-order valence-corrected chi connectivity index (χ2v) is 4.35. The fourth-order valence-electron chi connectivity index (χ4n) is 1.96. The van der Waals surface area contributed by atoms with Crippen molar-refractivity contribution in [1.82, 2.24) is 10.2 Å². The van der Waals surface area contributed by atoms with E-state index in [1.54, 1.807) is 6.26 Å². The predicted molar refractivity (Wildman–Crippen MR) is 66.3 cm³/mol. The van der Waals surface area contributed by atoms with Gasteiger partial charge in [-0.15, -0.1) is 0 Å². The maximum absolute atomic E-state index is 5.30. The van der Waals surface area contributed by atoms with Crippen molar-refractivity contribution < 1.29 is 4.42 Å². The minimum atomic E-state index is 0.956. The Morgan fingerprint density at radius 3 is 3.00 bits per heavy atom. The third kappa shape index (κ3) is 3.51. The van der Waals surface area contributed by atoms with Gasteiger partial charge in [0.1, 0.15) is 5.76 Å². The third-order valence-electron chi connectivity index (χ3n) is 2.96. The summed E-state index contributed by atoms with van der Waals surface area (Å²) in [4.78, 5) is 2.51. The molecule has 0 spiro atoms. The Balaban J connectivity index is 1.76. The lowest BCUT2D eigenvalue weighted by molar-refractivity contribution is 0.244. The molecule has 1 aromatic rings. The van der Waals surface area contributed by atoms with Crippen LogP contribution in [0.15, 0.2) is 28.4 Å². The van der Waals surface area contributed by atoms with Crippen molar-refractivity contribution in [2.75, 3.05) is 32.7 Å². The maximum Gasteiger partial charge on any atom is 0.126 e. The number of hydrogen-bond donors (Lipinski definition) is 1. The highest BCUT2D eigenvalue weighted by molar-refractivity contribution is 5.46. The molecule has 2 heterocycles. The first-order valence-electron chi connectivity index (χ1n) is 5.98. The van der Waals surface area contributed by atoms with Gasteiger partial charge in [-0.05, 0) is 31.6 Å². The van der Waals surface area contributed by atoms with Crippen molar-refractivity contribution in [1.29, 1.82) is 0 Å². The number of nitrogens with one attached hydrogen (secondary N) is 1. The number of piperazine rings is 1. The second kappa shape index (κ2) is 5.87. The minimum Gasteiger partial charge on any atom is -0.465 e. The summed E-state index contributed by atoms with van der Waals surface area (Å²) in [6.45, 7) is 7.93. The first-order valence-corrected chi connectivity index (χ1v) is 5.98. The van der Waals surface area contributed by atoms with Crippen LogP contribution in [0, 0.1) is 0 Å². The molecule has 0 aliphatic carbocycles. The van der Waals surface area contributed by atoms with Gasteiger partial charge in [-0.25, -0.2) is 0 Å². The van der Waals surface area contributed by atoms with Crippen LogP contribution in [0.2, 0.25) is 0 Å².